The first-order valence-corrected chi connectivity index (χ1v) is 9.60. The van der Waals surface area contributed by atoms with Gasteiger partial charge < -0.3 is 19.1 Å². The lowest BCUT2D eigenvalue weighted by Gasteiger charge is -2.31. The Bertz CT molecular complexity index is 828. The van der Waals surface area contributed by atoms with Crippen LogP contribution in [0.15, 0.2) is 40.8 Å². The van der Waals surface area contributed by atoms with Crippen molar-refractivity contribution in [3.63, 3.8) is 0 Å². The number of hydrogen-bond acceptors (Lipinski definition) is 3. The fourth-order valence-corrected chi connectivity index (χ4v) is 3.27. The number of aryl methyl sites for hydroxylation is 1. The quantitative estimate of drug-likeness (QED) is 0.798. The van der Waals surface area contributed by atoms with E-state index in [-0.39, 0.29) is 30.6 Å². The molecule has 150 valence electrons. The molecule has 3 rings (SSSR count). The Hall–Kier alpha value is -2.67. The van der Waals surface area contributed by atoms with Gasteiger partial charge in [-0.1, -0.05) is 12.1 Å². The number of quaternary nitrogens is 1. The van der Waals surface area contributed by atoms with Crippen LogP contribution in [0.1, 0.15) is 12.2 Å². The summed E-state index contributed by atoms with van der Waals surface area (Å²) in [5.41, 5.74) is 0.400. The fraction of sp³-hybridized carbons (Fsp3) is 0.429. The number of rotatable bonds is 6. The molecule has 1 fully saturated rings. The zero-order valence-electron chi connectivity index (χ0n) is 16.4. The van der Waals surface area contributed by atoms with Crippen molar-refractivity contribution in [1.82, 2.24) is 9.80 Å². The molecule has 2 amide bonds. The molecule has 2 aromatic rings. The monoisotopic (exact) mass is 388 g/mol. The zero-order chi connectivity index (χ0) is 20.1. The number of halogens is 1. The number of benzene rings is 1. The van der Waals surface area contributed by atoms with E-state index in [1.54, 1.807) is 37.4 Å². The standard InChI is InChI=1S/C21H26FN3O3/c1-23-11-13-25(14-12-23)21(27)15-24(2)20(26)10-8-16-7-9-19(28-16)17-5-3-4-6-18(17)22/h3-7,9H,8,10-15H2,1-2H3/p+1. The van der Waals surface area contributed by atoms with E-state index in [9.17, 15) is 14.0 Å². The second-order valence-corrected chi connectivity index (χ2v) is 7.33. The highest BCUT2D eigenvalue weighted by Gasteiger charge is 2.23. The molecular weight excluding hydrogens is 361 g/mol. The molecule has 6 nitrogen and oxygen atoms in total. The number of nitrogens with zero attached hydrogens (tertiary/aromatic N) is 2. The van der Waals surface area contributed by atoms with Crippen LogP contribution in [-0.2, 0) is 16.0 Å². The van der Waals surface area contributed by atoms with Gasteiger partial charge in [-0.25, -0.2) is 4.39 Å². The van der Waals surface area contributed by atoms with Crippen LogP contribution in [0, 0.1) is 5.82 Å². The third-order valence-electron chi connectivity index (χ3n) is 5.15. The van der Waals surface area contributed by atoms with Gasteiger partial charge in [0.05, 0.1) is 45.3 Å². The van der Waals surface area contributed by atoms with Gasteiger partial charge in [-0.3, -0.25) is 9.59 Å². The summed E-state index contributed by atoms with van der Waals surface area (Å²) >= 11 is 0. The van der Waals surface area contributed by atoms with Gasteiger partial charge in [-0.15, -0.1) is 0 Å². The van der Waals surface area contributed by atoms with Crippen LogP contribution in [0.25, 0.3) is 11.3 Å². The molecule has 0 atom stereocenters. The average molecular weight is 388 g/mol. The molecule has 1 N–H and O–H groups in total. The fourth-order valence-electron chi connectivity index (χ4n) is 3.27. The van der Waals surface area contributed by atoms with Crippen molar-refractivity contribution in [3.8, 4) is 11.3 Å². The second kappa shape index (κ2) is 9.01. The summed E-state index contributed by atoms with van der Waals surface area (Å²) in [7, 11) is 3.76. The Balaban J connectivity index is 1.49. The number of carbonyl (C=O) groups is 2. The highest BCUT2D eigenvalue weighted by molar-refractivity contribution is 5.84. The van der Waals surface area contributed by atoms with Gasteiger partial charge in [-0.05, 0) is 24.3 Å². The largest absolute Gasteiger partial charge is 0.461 e. The van der Waals surface area contributed by atoms with Gasteiger partial charge in [0.2, 0.25) is 11.8 Å². The van der Waals surface area contributed by atoms with Crippen molar-refractivity contribution in [2.75, 3.05) is 46.8 Å². The smallest absolute Gasteiger partial charge is 0.242 e. The topological polar surface area (TPSA) is 58.2 Å². The summed E-state index contributed by atoms with van der Waals surface area (Å²) in [5.74, 6) is 0.595. The minimum Gasteiger partial charge on any atom is -0.461 e. The molecule has 7 heteroatoms. The molecule has 1 saturated heterocycles. The number of hydrogen-bond donors (Lipinski definition) is 1. The van der Waals surface area contributed by atoms with Gasteiger partial charge in [0.25, 0.3) is 0 Å². The lowest BCUT2D eigenvalue weighted by molar-refractivity contribution is -0.883. The van der Waals surface area contributed by atoms with Crippen molar-refractivity contribution >= 4 is 11.8 Å². The van der Waals surface area contributed by atoms with Crippen LogP contribution in [0.2, 0.25) is 0 Å². The Morgan fingerprint density at radius 2 is 1.89 bits per heavy atom. The van der Waals surface area contributed by atoms with Gasteiger partial charge in [0.15, 0.2) is 0 Å². The Kier molecular flexibility index (Phi) is 6.46. The molecule has 0 bridgehead atoms. The molecule has 0 spiro atoms. The first kappa shape index (κ1) is 20.1. The number of furan rings is 1. The van der Waals surface area contributed by atoms with Crippen LogP contribution in [0.5, 0.6) is 0 Å². The van der Waals surface area contributed by atoms with Crippen molar-refractivity contribution in [3.05, 3.63) is 48.0 Å². The molecule has 1 aromatic carbocycles. The predicted octanol–water partition coefficient (Wildman–Crippen LogP) is 0.834. The van der Waals surface area contributed by atoms with Crippen molar-refractivity contribution in [2.24, 2.45) is 0 Å². The van der Waals surface area contributed by atoms with Crippen LogP contribution >= 0.6 is 0 Å². The Morgan fingerprint density at radius 3 is 2.61 bits per heavy atom. The summed E-state index contributed by atoms with van der Waals surface area (Å²) in [4.78, 5) is 29.4. The lowest BCUT2D eigenvalue weighted by Crippen LogP contribution is -3.12. The zero-order valence-corrected chi connectivity index (χ0v) is 16.4. The van der Waals surface area contributed by atoms with Crippen LogP contribution in [0.3, 0.4) is 0 Å². The number of carbonyl (C=O) groups excluding carboxylic acids is 2. The summed E-state index contributed by atoms with van der Waals surface area (Å²) in [6.45, 7) is 3.44. The minimum atomic E-state index is -0.344. The normalized spacial score (nSPS) is 14.9. The van der Waals surface area contributed by atoms with Gasteiger partial charge in [-0.2, -0.15) is 0 Å². The third kappa shape index (κ3) is 4.98. The van der Waals surface area contributed by atoms with Crippen molar-refractivity contribution in [2.45, 2.75) is 12.8 Å². The Morgan fingerprint density at radius 1 is 1.18 bits per heavy atom. The molecule has 0 saturated carbocycles. The van der Waals surface area contributed by atoms with Crippen LogP contribution in [-0.4, -0.2) is 68.4 Å². The maximum atomic E-state index is 13.8. The first-order chi connectivity index (χ1) is 13.4. The summed E-state index contributed by atoms with van der Waals surface area (Å²) in [5, 5.41) is 0. The summed E-state index contributed by atoms with van der Waals surface area (Å²) in [6, 6.07) is 9.88. The Labute approximate surface area is 164 Å². The lowest BCUT2D eigenvalue weighted by atomic mass is 10.1. The van der Waals surface area contributed by atoms with E-state index in [2.05, 4.69) is 7.05 Å². The van der Waals surface area contributed by atoms with E-state index in [1.807, 2.05) is 4.90 Å². The third-order valence-corrected chi connectivity index (χ3v) is 5.15. The van der Waals surface area contributed by atoms with E-state index in [1.165, 1.54) is 15.9 Å². The van der Waals surface area contributed by atoms with Crippen LogP contribution in [0.4, 0.5) is 4.39 Å². The number of piperazine rings is 1. The van der Waals surface area contributed by atoms with Gasteiger partial charge in [0, 0.05) is 19.9 Å². The SMILES string of the molecule is CN(CC(=O)N1CC[NH+](C)CC1)C(=O)CCc1ccc(-c2ccccc2F)o1. The van der Waals surface area contributed by atoms with E-state index in [0.717, 1.165) is 26.2 Å². The maximum Gasteiger partial charge on any atom is 0.242 e. The van der Waals surface area contributed by atoms with Crippen molar-refractivity contribution in [1.29, 1.82) is 0 Å². The second-order valence-electron chi connectivity index (χ2n) is 7.33. The molecule has 28 heavy (non-hydrogen) atoms. The molecule has 0 radical (unpaired) electrons. The van der Waals surface area contributed by atoms with Crippen LogP contribution < -0.4 is 4.90 Å². The average Bonchev–Trinajstić information content (AvgIpc) is 3.15. The van der Waals surface area contributed by atoms with Gasteiger partial charge in [0.1, 0.15) is 17.3 Å². The molecule has 1 aliphatic rings. The molecule has 0 aliphatic carbocycles. The molecular formula is C21H27FN3O3+. The summed E-state index contributed by atoms with van der Waals surface area (Å²) in [6.07, 6.45) is 0.643. The minimum absolute atomic E-state index is 0.0109. The molecule has 1 aromatic heterocycles. The predicted molar refractivity (Wildman–Crippen MR) is 103 cm³/mol. The van der Waals surface area contributed by atoms with Gasteiger partial charge >= 0.3 is 0 Å². The molecule has 1 aliphatic heterocycles. The number of amides is 2. The van der Waals surface area contributed by atoms with E-state index >= 15 is 0 Å². The maximum absolute atomic E-state index is 13.8. The number of nitrogens with one attached hydrogen (secondary N) is 1. The number of likely N-dealkylation sites (N-methyl/N-ethyl adjacent to an activating group) is 2. The van der Waals surface area contributed by atoms with E-state index in [4.69, 9.17) is 4.42 Å². The highest BCUT2D eigenvalue weighted by atomic mass is 19.1. The molecule has 0 unspecified atom stereocenters. The van der Waals surface area contributed by atoms with Crippen molar-refractivity contribution < 1.29 is 23.3 Å². The van der Waals surface area contributed by atoms with E-state index < -0.39 is 0 Å². The summed E-state index contributed by atoms with van der Waals surface area (Å²) < 4.78 is 19.5. The van der Waals surface area contributed by atoms with E-state index in [0.29, 0.717) is 23.5 Å². The molecule has 2 heterocycles. The highest BCUT2D eigenvalue weighted by Crippen LogP contribution is 2.25. The first-order valence-electron chi connectivity index (χ1n) is 9.60.